The van der Waals surface area contributed by atoms with E-state index < -0.39 is 0 Å². The Morgan fingerprint density at radius 3 is 2.66 bits per heavy atom. The maximum absolute atomic E-state index is 4.92. The van der Waals surface area contributed by atoms with Crippen molar-refractivity contribution < 1.29 is 0 Å². The van der Waals surface area contributed by atoms with Gasteiger partial charge in [0, 0.05) is 11.4 Å². The molecule has 0 saturated carbocycles. The van der Waals surface area contributed by atoms with Gasteiger partial charge in [0.1, 0.15) is 10.6 Å². The summed E-state index contributed by atoms with van der Waals surface area (Å²) in [6.45, 7) is 3.25. The molecule has 152 valence electrons. The first kappa shape index (κ1) is 19.3. The minimum Gasteiger partial charge on any atom is -0.367 e. The highest BCUT2D eigenvalue weighted by Gasteiger charge is 2.25. The molecule has 4 nitrogen and oxygen atoms in total. The molecule has 2 aromatic heterocycles. The minimum absolute atomic E-state index is 0.385. The number of rotatable bonds is 6. The molecular weight excluding hydrogens is 396 g/mol. The Hall–Kier alpha value is -1.63. The van der Waals surface area contributed by atoms with Crippen molar-refractivity contribution in [2.45, 2.75) is 49.7 Å². The molecule has 3 heterocycles. The van der Waals surface area contributed by atoms with Gasteiger partial charge in [-0.1, -0.05) is 42.1 Å². The van der Waals surface area contributed by atoms with Crippen LogP contribution in [0, 0.1) is 0 Å². The molecule has 0 bridgehead atoms. The Labute approximate surface area is 181 Å². The quantitative estimate of drug-likeness (QED) is 0.415. The molecule has 0 spiro atoms. The Kier molecular flexibility index (Phi) is 5.75. The summed E-state index contributed by atoms with van der Waals surface area (Å²) in [6.07, 6.45) is 9.62. The zero-order chi connectivity index (χ0) is 19.6. The van der Waals surface area contributed by atoms with Gasteiger partial charge >= 0.3 is 0 Å². The molecule has 6 heteroatoms. The molecule has 1 aliphatic heterocycles. The predicted octanol–water partition coefficient (Wildman–Crippen LogP) is 5.54. The van der Waals surface area contributed by atoms with Crippen LogP contribution in [-0.4, -0.2) is 40.8 Å². The van der Waals surface area contributed by atoms with E-state index in [-0.39, 0.29) is 0 Å². The number of thioether (sulfide) groups is 1. The molecule has 0 amide bonds. The van der Waals surface area contributed by atoms with Crippen LogP contribution in [0.25, 0.3) is 10.2 Å². The Balaban J connectivity index is 1.49. The number of thiophene rings is 1. The van der Waals surface area contributed by atoms with Crippen molar-refractivity contribution in [2.24, 2.45) is 0 Å². The first-order chi connectivity index (χ1) is 14.3. The van der Waals surface area contributed by atoms with Gasteiger partial charge in [-0.05, 0) is 69.0 Å². The van der Waals surface area contributed by atoms with Crippen LogP contribution in [0.5, 0.6) is 0 Å². The highest BCUT2D eigenvalue weighted by Crippen LogP contribution is 2.39. The molecule has 1 aromatic carbocycles. The maximum atomic E-state index is 4.92. The van der Waals surface area contributed by atoms with Crippen LogP contribution < -0.4 is 5.32 Å². The number of fused-ring (bicyclic) bond motifs is 3. The normalized spacial score (nSPS) is 18.1. The number of anilines is 1. The smallest absolute Gasteiger partial charge is 0.190 e. The molecule has 0 radical (unpaired) electrons. The van der Waals surface area contributed by atoms with Gasteiger partial charge in [0.05, 0.1) is 11.4 Å². The SMILES string of the molecule is CSc1nc(NCC(c2ccccc2)N2CCCC2)c2c3c(sc2n1)CCCC3. The molecule has 1 atom stereocenters. The van der Waals surface area contributed by atoms with Crippen LogP contribution in [0.3, 0.4) is 0 Å². The fraction of sp³-hybridized carbons (Fsp3) is 0.478. The van der Waals surface area contributed by atoms with Gasteiger partial charge in [0.25, 0.3) is 0 Å². The Morgan fingerprint density at radius 1 is 1.07 bits per heavy atom. The minimum atomic E-state index is 0.385. The fourth-order valence-electron chi connectivity index (χ4n) is 4.74. The number of hydrogen-bond donors (Lipinski definition) is 1. The molecule has 2 aliphatic rings. The fourth-order valence-corrected chi connectivity index (χ4v) is 6.42. The standard InChI is InChI=1S/C23H28N4S2/c1-28-23-25-21(20-17-11-5-6-12-19(17)29-22(20)26-23)24-15-18(27-13-7-8-14-27)16-9-3-2-4-10-16/h2-4,9-10,18H,5-8,11-15H2,1H3,(H,24,25,26). The van der Waals surface area contributed by atoms with Crippen LogP contribution in [-0.2, 0) is 12.8 Å². The van der Waals surface area contributed by atoms with E-state index in [1.165, 1.54) is 73.0 Å². The third kappa shape index (κ3) is 3.90. The molecule has 1 N–H and O–H groups in total. The van der Waals surface area contributed by atoms with Crippen LogP contribution in [0.2, 0.25) is 0 Å². The summed E-state index contributed by atoms with van der Waals surface area (Å²) in [6, 6.07) is 11.3. The summed E-state index contributed by atoms with van der Waals surface area (Å²) in [5.41, 5.74) is 2.90. The summed E-state index contributed by atoms with van der Waals surface area (Å²) in [5, 5.41) is 5.93. The van der Waals surface area contributed by atoms with Crippen molar-refractivity contribution in [3.8, 4) is 0 Å². The number of benzene rings is 1. The lowest BCUT2D eigenvalue weighted by Crippen LogP contribution is -2.31. The Bertz CT molecular complexity index is 979. The second kappa shape index (κ2) is 8.62. The molecule has 29 heavy (non-hydrogen) atoms. The van der Waals surface area contributed by atoms with Crippen molar-refractivity contribution in [1.82, 2.24) is 14.9 Å². The summed E-state index contributed by atoms with van der Waals surface area (Å²) in [5.74, 6) is 1.04. The topological polar surface area (TPSA) is 41.1 Å². The number of likely N-dealkylation sites (tertiary alicyclic amines) is 1. The van der Waals surface area contributed by atoms with Gasteiger partial charge in [-0.25, -0.2) is 9.97 Å². The van der Waals surface area contributed by atoms with Crippen LogP contribution in [0.1, 0.15) is 47.7 Å². The lowest BCUT2D eigenvalue weighted by Gasteiger charge is -2.28. The monoisotopic (exact) mass is 424 g/mol. The maximum Gasteiger partial charge on any atom is 0.190 e. The largest absolute Gasteiger partial charge is 0.367 e. The van der Waals surface area contributed by atoms with Crippen molar-refractivity contribution in [3.63, 3.8) is 0 Å². The van der Waals surface area contributed by atoms with Crippen molar-refractivity contribution in [2.75, 3.05) is 31.2 Å². The van der Waals surface area contributed by atoms with Crippen molar-refractivity contribution >= 4 is 39.1 Å². The van der Waals surface area contributed by atoms with Crippen molar-refractivity contribution in [3.05, 3.63) is 46.3 Å². The lowest BCUT2D eigenvalue weighted by molar-refractivity contribution is 0.256. The van der Waals surface area contributed by atoms with Gasteiger partial charge in [-0.15, -0.1) is 11.3 Å². The molecule has 1 saturated heterocycles. The predicted molar refractivity (Wildman–Crippen MR) is 124 cm³/mol. The van der Waals surface area contributed by atoms with E-state index >= 15 is 0 Å². The Morgan fingerprint density at radius 2 is 1.86 bits per heavy atom. The molecule has 5 rings (SSSR count). The summed E-state index contributed by atoms with van der Waals surface area (Å²) in [4.78, 5) is 15.1. The van der Waals surface area contributed by atoms with Gasteiger partial charge in [-0.3, -0.25) is 4.90 Å². The summed E-state index contributed by atoms with van der Waals surface area (Å²) >= 11 is 3.52. The number of aryl methyl sites for hydroxylation is 2. The van der Waals surface area contributed by atoms with E-state index in [1.54, 1.807) is 11.8 Å². The van der Waals surface area contributed by atoms with Crippen LogP contribution in [0.15, 0.2) is 35.5 Å². The number of nitrogens with zero attached hydrogens (tertiary/aromatic N) is 3. The van der Waals surface area contributed by atoms with Crippen LogP contribution >= 0.6 is 23.1 Å². The van der Waals surface area contributed by atoms with E-state index in [1.807, 2.05) is 11.3 Å². The third-order valence-electron chi connectivity index (χ3n) is 6.21. The molecule has 3 aromatic rings. The third-order valence-corrected chi connectivity index (χ3v) is 7.94. The zero-order valence-electron chi connectivity index (χ0n) is 17.0. The number of hydrogen-bond acceptors (Lipinski definition) is 6. The second-order valence-corrected chi connectivity index (χ2v) is 9.86. The average Bonchev–Trinajstić information content (AvgIpc) is 3.42. The molecule has 1 aliphatic carbocycles. The lowest BCUT2D eigenvalue weighted by atomic mass is 9.97. The molecule has 1 fully saturated rings. The molecule has 1 unspecified atom stereocenters. The second-order valence-electron chi connectivity index (χ2n) is 8.00. The highest BCUT2D eigenvalue weighted by molar-refractivity contribution is 7.98. The highest BCUT2D eigenvalue weighted by atomic mass is 32.2. The van der Waals surface area contributed by atoms with Gasteiger partial charge in [0.2, 0.25) is 0 Å². The van der Waals surface area contributed by atoms with E-state index in [4.69, 9.17) is 9.97 Å². The molecular formula is C23H28N4S2. The van der Waals surface area contributed by atoms with E-state index in [9.17, 15) is 0 Å². The van der Waals surface area contributed by atoms with Gasteiger partial charge in [-0.2, -0.15) is 0 Å². The van der Waals surface area contributed by atoms with Crippen molar-refractivity contribution in [1.29, 1.82) is 0 Å². The van der Waals surface area contributed by atoms with E-state index in [2.05, 4.69) is 46.8 Å². The first-order valence-corrected chi connectivity index (χ1v) is 12.8. The summed E-state index contributed by atoms with van der Waals surface area (Å²) in [7, 11) is 0. The van der Waals surface area contributed by atoms with Crippen LogP contribution in [0.4, 0.5) is 5.82 Å². The zero-order valence-corrected chi connectivity index (χ0v) is 18.6. The van der Waals surface area contributed by atoms with Gasteiger partial charge < -0.3 is 5.32 Å². The van der Waals surface area contributed by atoms with Gasteiger partial charge in [0.15, 0.2) is 5.16 Å². The number of aromatic nitrogens is 2. The number of nitrogens with one attached hydrogen (secondary N) is 1. The van der Waals surface area contributed by atoms with E-state index in [0.29, 0.717) is 6.04 Å². The average molecular weight is 425 g/mol. The summed E-state index contributed by atoms with van der Waals surface area (Å²) < 4.78 is 0. The van der Waals surface area contributed by atoms with E-state index in [0.717, 1.165) is 22.3 Å². The first-order valence-electron chi connectivity index (χ1n) is 10.7.